The van der Waals surface area contributed by atoms with E-state index in [2.05, 4.69) is 10.4 Å². The molecule has 1 N–H and O–H groups in total. The van der Waals surface area contributed by atoms with E-state index < -0.39 is 0 Å². The first-order chi connectivity index (χ1) is 12.2. The summed E-state index contributed by atoms with van der Waals surface area (Å²) in [4.78, 5) is 24.8. The van der Waals surface area contributed by atoms with Gasteiger partial charge in [0, 0.05) is 12.4 Å². The van der Waals surface area contributed by atoms with Gasteiger partial charge in [-0.1, -0.05) is 43.9 Å². The van der Waals surface area contributed by atoms with Crippen LogP contribution in [0.25, 0.3) is 10.8 Å². The molecule has 1 heterocycles. The Kier molecular flexibility index (Phi) is 5.81. The molecule has 0 saturated heterocycles. The third-order valence-electron chi connectivity index (χ3n) is 4.77. The lowest BCUT2D eigenvalue weighted by molar-refractivity contribution is 0.0363. The van der Waals surface area contributed by atoms with Gasteiger partial charge in [0.1, 0.15) is 0 Å². The summed E-state index contributed by atoms with van der Waals surface area (Å²) in [5, 5.41) is 7.95. The van der Waals surface area contributed by atoms with Gasteiger partial charge in [-0.25, -0.2) is 4.68 Å². The highest BCUT2D eigenvalue weighted by Gasteiger charge is 2.16. The van der Waals surface area contributed by atoms with E-state index in [0.29, 0.717) is 23.9 Å². The van der Waals surface area contributed by atoms with Gasteiger partial charge in [0.15, 0.2) is 5.69 Å². The van der Waals surface area contributed by atoms with Crippen LogP contribution in [0.15, 0.2) is 29.1 Å². The number of nitrogens with zero attached hydrogens (tertiary/aromatic N) is 2. The second-order valence-electron chi connectivity index (χ2n) is 6.49. The van der Waals surface area contributed by atoms with Gasteiger partial charge in [-0.05, 0) is 18.9 Å². The van der Waals surface area contributed by atoms with Crippen molar-refractivity contribution in [1.29, 1.82) is 0 Å². The summed E-state index contributed by atoms with van der Waals surface area (Å²) < 4.78 is 7.31. The summed E-state index contributed by atoms with van der Waals surface area (Å²) in [6.07, 6.45) is 7.42. The van der Waals surface area contributed by atoms with Gasteiger partial charge in [0.05, 0.1) is 24.6 Å². The highest BCUT2D eigenvalue weighted by molar-refractivity contribution is 6.04. The van der Waals surface area contributed by atoms with E-state index in [0.717, 1.165) is 12.8 Å². The van der Waals surface area contributed by atoms with E-state index in [1.54, 1.807) is 31.3 Å². The fraction of sp³-hybridized carbons (Fsp3) is 0.526. The zero-order valence-electron chi connectivity index (χ0n) is 14.7. The van der Waals surface area contributed by atoms with Crippen molar-refractivity contribution in [3.8, 4) is 0 Å². The maximum Gasteiger partial charge on any atom is 0.274 e. The van der Waals surface area contributed by atoms with E-state index >= 15 is 0 Å². The maximum absolute atomic E-state index is 12.6. The Bertz CT molecular complexity index is 792. The number of nitrogens with one attached hydrogen (secondary N) is 1. The molecule has 1 aromatic carbocycles. The van der Waals surface area contributed by atoms with E-state index in [-0.39, 0.29) is 23.3 Å². The highest BCUT2D eigenvalue weighted by atomic mass is 16.5. The van der Waals surface area contributed by atoms with Crippen LogP contribution in [0.5, 0.6) is 0 Å². The minimum absolute atomic E-state index is 0.187. The predicted octanol–water partition coefficient (Wildman–Crippen LogP) is 2.50. The Balaban J connectivity index is 1.79. The molecule has 1 aliphatic rings. The third-order valence-corrected chi connectivity index (χ3v) is 4.77. The number of aromatic nitrogens is 2. The first kappa shape index (κ1) is 17.6. The summed E-state index contributed by atoms with van der Waals surface area (Å²) in [6.45, 7) is 0.785. The average molecular weight is 343 g/mol. The van der Waals surface area contributed by atoms with Crippen LogP contribution < -0.4 is 10.9 Å². The maximum atomic E-state index is 12.6. The van der Waals surface area contributed by atoms with E-state index in [1.807, 2.05) is 0 Å². The molecule has 0 spiro atoms. The van der Waals surface area contributed by atoms with Crippen LogP contribution in [0.2, 0.25) is 0 Å². The molecule has 1 amide bonds. The number of carbonyl (C=O) groups is 1. The summed E-state index contributed by atoms with van der Waals surface area (Å²) in [5.41, 5.74) is 0.0832. The normalized spacial score (nSPS) is 15.9. The second-order valence-corrected chi connectivity index (χ2v) is 6.49. The first-order valence-corrected chi connectivity index (χ1v) is 9.04. The molecule has 1 aromatic heterocycles. The van der Waals surface area contributed by atoms with Crippen LogP contribution in [0.4, 0.5) is 0 Å². The second kappa shape index (κ2) is 8.25. The molecule has 134 valence electrons. The van der Waals surface area contributed by atoms with Crippen LogP contribution in [-0.4, -0.2) is 35.4 Å². The largest absolute Gasteiger partial charge is 0.376 e. The quantitative estimate of drug-likeness (QED) is 0.847. The van der Waals surface area contributed by atoms with E-state index in [4.69, 9.17) is 4.74 Å². The molecule has 3 rings (SSSR count). The number of fused-ring (bicyclic) bond motifs is 1. The van der Waals surface area contributed by atoms with Crippen molar-refractivity contribution in [2.75, 3.05) is 13.7 Å². The number of rotatable bonds is 5. The van der Waals surface area contributed by atoms with Gasteiger partial charge in [0.25, 0.3) is 11.5 Å². The Hall–Kier alpha value is -2.21. The van der Waals surface area contributed by atoms with Gasteiger partial charge >= 0.3 is 0 Å². The minimum atomic E-state index is -0.297. The molecule has 0 unspecified atom stereocenters. The summed E-state index contributed by atoms with van der Waals surface area (Å²) in [6, 6.07) is 7.08. The zero-order chi connectivity index (χ0) is 17.6. The lowest BCUT2D eigenvalue weighted by Gasteiger charge is -2.16. The monoisotopic (exact) mass is 343 g/mol. The molecule has 6 nitrogen and oxygen atoms in total. The number of benzene rings is 1. The Morgan fingerprint density at radius 1 is 1.20 bits per heavy atom. The molecule has 6 heteroatoms. The highest BCUT2D eigenvalue weighted by Crippen LogP contribution is 2.19. The van der Waals surface area contributed by atoms with E-state index in [9.17, 15) is 9.59 Å². The Morgan fingerprint density at radius 3 is 2.56 bits per heavy atom. The first-order valence-electron chi connectivity index (χ1n) is 9.04. The van der Waals surface area contributed by atoms with Crippen molar-refractivity contribution in [2.45, 2.75) is 51.2 Å². The molecule has 0 radical (unpaired) electrons. The van der Waals surface area contributed by atoms with Crippen LogP contribution in [-0.2, 0) is 11.3 Å². The zero-order valence-corrected chi connectivity index (χ0v) is 14.7. The molecule has 25 heavy (non-hydrogen) atoms. The number of hydrogen-bond acceptors (Lipinski definition) is 4. The third kappa shape index (κ3) is 4.07. The average Bonchev–Trinajstić information content (AvgIpc) is 2.92. The van der Waals surface area contributed by atoms with Gasteiger partial charge in [-0.15, -0.1) is 0 Å². The number of ether oxygens (including phenoxy) is 1. The molecule has 1 aliphatic carbocycles. The van der Waals surface area contributed by atoms with Crippen molar-refractivity contribution in [2.24, 2.45) is 0 Å². The van der Waals surface area contributed by atoms with Crippen molar-refractivity contribution >= 4 is 16.7 Å². The predicted molar refractivity (Wildman–Crippen MR) is 96.8 cm³/mol. The topological polar surface area (TPSA) is 73.2 Å². The van der Waals surface area contributed by atoms with Crippen molar-refractivity contribution < 1.29 is 9.53 Å². The van der Waals surface area contributed by atoms with Crippen molar-refractivity contribution in [3.63, 3.8) is 0 Å². The van der Waals surface area contributed by atoms with Gasteiger partial charge in [-0.3, -0.25) is 9.59 Å². The van der Waals surface area contributed by atoms with Crippen LogP contribution in [0.1, 0.15) is 49.0 Å². The summed E-state index contributed by atoms with van der Waals surface area (Å²) in [7, 11) is 1.56. The van der Waals surface area contributed by atoms with Crippen molar-refractivity contribution in [1.82, 2.24) is 15.1 Å². The fourth-order valence-corrected chi connectivity index (χ4v) is 3.39. The molecule has 0 bridgehead atoms. The lowest BCUT2D eigenvalue weighted by atomic mass is 10.1. The fourth-order valence-electron chi connectivity index (χ4n) is 3.39. The molecular formula is C19H25N3O3. The number of hydrogen-bond donors (Lipinski definition) is 1. The summed E-state index contributed by atoms with van der Waals surface area (Å²) >= 11 is 0. The van der Waals surface area contributed by atoms with E-state index in [1.165, 1.54) is 30.4 Å². The molecule has 2 aromatic rings. The van der Waals surface area contributed by atoms with Gasteiger partial charge in [0.2, 0.25) is 0 Å². The van der Waals surface area contributed by atoms with Gasteiger partial charge in [-0.2, -0.15) is 5.10 Å². The SMILES string of the molecule is CNC(=O)c1nn(CCOC2CCCCCC2)c(=O)c2ccccc12. The van der Waals surface area contributed by atoms with Crippen LogP contribution in [0, 0.1) is 0 Å². The lowest BCUT2D eigenvalue weighted by Crippen LogP contribution is -2.31. The molecular weight excluding hydrogens is 318 g/mol. The van der Waals surface area contributed by atoms with Gasteiger partial charge < -0.3 is 10.1 Å². The minimum Gasteiger partial charge on any atom is -0.376 e. The molecule has 0 atom stereocenters. The Morgan fingerprint density at radius 2 is 1.88 bits per heavy atom. The van der Waals surface area contributed by atoms with Crippen LogP contribution in [0.3, 0.4) is 0 Å². The molecule has 0 aliphatic heterocycles. The standard InChI is InChI=1S/C19H25N3O3/c1-20-18(23)17-15-10-6-7-11-16(15)19(24)22(21-17)12-13-25-14-8-4-2-3-5-9-14/h6-7,10-11,14H,2-5,8-9,12-13H2,1H3,(H,20,23). The summed E-state index contributed by atoms with van der Waals surface area (Å²) in [5.74, 6) is -0.297. The smallest absolute Gasteiger partial charge is 0.274 e. The number of amides is 1. The van der Waals surface area contributed by atoms with Crippen LogP contribution >= 0.6 is 0 Å². The number of carbonyl (C=O) groups excluding carboxylic acids is 1. The molecule has 1 saturated carbocycles. The molecule has 1 fully saturated rings. The Labute approximate surface area is 147 Å². The van der Waals surface area contributed by atoms with Crippen molar-refractivity contribution in [3.05, 3.63) is 40.3 Å².